The van der Waals surface area contributed by atoms with E-state index in [2.05, 4.69) is 6.58 Å². The van der Waals surface area contributed by atoms with Crippen LogP contribution in [0.3, 0.4) is 0 Å². The van der Waals surface area contributed by atoms with Crippen molar-refractivity contribution in [1.82, 2.24) is 0 Å². The van der Waals surface area contributed by atoms with Gasteiger partial charge < -0.3 is 10.5 Å². The monoisotopic (exact) mass is 197 g/mol. The number of hydrogen-bond donors (Lipinski definition) is 1. The van der Waals surface area contributed by atoms with E-state index in [1.165, 1.54) is 0 Å². The highest BCUT2D eigenvalue weighted by atomic mass is 35.5. The Labute approximate surface area is 83.0 Å². The van der Waals surface area contributed by atoms with Crippen molar-refractivity contribution in [3.63, 3.8) is 0 Å². The molecule has 13 heavy (non-hydrogen) atoms. The van der Waals surface area contributed by atoms with Gasteiger partial charge in [-0.25, -0.2) is 0 Å². The van der Waals surface area contributed by atoms with Crippen molar-refractivity contribution in [3.05, 3.63) is 41.4 Å². The van der Waals surface area contributed by atoms with E-state index in [1.807, 2.05) is 18.2 Å². The third-order valence-electron chi connectivity index (χ3n) is 1.56. The van der Waals surface area contributed by atoms with E-state index in [0.29, 0.717) is 23.9 Å². The van der Waals surface area contributed by atoms with Crippen LogP contribution in [0.1, 0.15) is 0 Å². The molecular weight excluding hydrogens is 186 g/mol. The van der Waals surface area contributed by atoms with Crippen molar-refractivity contribution in [2.75, 3.05) is 13.2 Å². The summed E-state index contributed by atoms with van der Waals surface area (Å²) in [6.07, 6.45) is 0. The number of benzene rings is 1. The summed E-state index contributed by atoms with van der Waals surface area (Å²) in [5.41, 5.74) is 6.21. The summed E-state index contributed by atoms with van der Waals surface area (Å²) >= 11 is 5.86. The SMILES string of the molecule is C=C(CN)COc1ccccc1Cl. The van der Waals surface area contributed by atoms with Gasteiger partial charge >= 0.3 is 0 Å². The van der Waals surface area contributed by atoms with Crippen LogP contribution < -0.4 is 10.5 Å². The molecule has 0 amide bonds. The van der Waals surface area contributed by atoms with Gasteiger partial charge in [0.2, 0.25) is 0 Å². The number of para-hydroxylation sites is 1. The van der Waals surface area contributed by atoms with Crippen molar-refractivity contribution >= 4 is 11.6 Å². The van der Waals surface area contributed by atoms with E-state index in [0.717, 1.165) is 5.57 Å². The zero-order valence-electron chi connectivity index (χ0n) is 7.29. The molecule has 0 spiro atoms. The zero-order valence-corrected chi connectivity index (χ0v) is 8.05. The smallest absolute Gasteiger partial charge is 0.138 e. The lowest BCUT2D eigenvalue weighted by Gasteiger charge is -2.07. The summed E-state index contributed by atoms with van der Waals surface area (Å²) in [4.78, 5) is 0. The van der Waals surface area contributed by atoms with Gasteiger partial charge in [-0.05, 0) is 17.7 Å². The Morgan fingerprint density at radius 2 is 2.15 bits per heavy atom. The summed E-state index contributed by atoms with van der Waals surface area (Å²) in [7, 11) is 0. The second-order valence-corrected chi connectivity index (χ2v) is 3.08. The molecule has 0 aromatic heterocycles. The van der Waals surface area contributed by atoms with Crippen LogP contribution in [0.15, 0.2) is 36.4 Å². The van der Waals surface area contributed by atoms with Gasteiger partial charge in [0, 0.05) is 6.54 Å². The first-order chi connectivity index (χ1) is 6.24. The summed E-state index contributed by atoms with van der Waals surface area (Å²) in [5, 5.41) is 0.604. The Balaban J connectivity index is 2.54. The van der Waals surface area contributed by atoms with E-state index >= 15 is 0 Å². The first-order valence-electron chi connectivity index (χ1n) is 3.98. The van der Waals surface area contributed by atoms with Crippen molar-refractivity contribution in [2.24, 2.45) is 5.73 Å². The van der Waals surface area contributed by atoms with Crippen LogP contribution in [0, 0.1) is 0 Å². The van der Waals surface area contributed by atoms with Crippen molar-refractivity contribution in [1.29, 1.82) is 0 Å². The topological polar surface area (TPSA) is 35.2 Å². The molecule has 2 N–H and O–H groups in total. The standard InChI is InChI=1S/C10H12ClNO/c1-8(6-12)7-13-10-5-3-2-4-9(10)11/h2-5H,1,6-7,12H2. The van der Waals surface area contributed by atoms with Crippen LogP contribution in [-0.4, -0.2) is 13.2 Å². The van der Waals surface area contributed by atoms with Gasteiger partial charge in [0.1, 0.15) is 12.4 Å². The first kappa shape index (κ1) is 10.1. The molecule has 0 heterocycles. The molecular formula is C10H12ClNO. The van der Waals surface area contributed by atoms with Crippen LogP contribution in [0.4, 0.5) is 0 Å². The number of rotatable bonds is 4. The summed E-state index contributed by atoms with van der Waals surface area (Å²) in [5.74, 6) is 0.666. The molecule has 0 atom stereocenters. The third-order valence-corrected chi connectivity index (χ3v) is 1.87. The summed E-state index contributed by atoms with van der Waals surface area (Å²) < 4.78 is 5.38. The van der Waals surface area contributed by atoms with E-state index in [9.17, 15) is 0 Å². The van der Waals surface area contributed by atoms with Gasteiger partial charge in [0.05, 0.1) is 5.02 Å². The second kappa shape index (κ2) is 4.90. The fourth-order valence-corrected chi connectivity index (χ4v) is 0.991. The lowest BCUT2D eigenvalue weighted by Crippen LogP contribution is -2.09. The third kappa shape index (κ3) is 3.09. The number of ether oxygens (including phenoxy) is 1. The van der Waals surface area contributed by atoms with E-state index < -0.39 is 0 Å². The Kier molecular flexibility index (Phi) is 3.80. The molecule has 1 rings (SSSR count). The maximum atomic E-state index is 5.86. The molecule has 1 aromatic carbocycles. The Morgan fingerprint density at radius 1 is 1.46 bits per heavy atom. The second-order valence-electron chi connectivity index (χ2n) is 2.67. The molecule has 0 radical (unpaired) electrons. The number of nitrogens with two attached hydrogens (primary N) is 1. The van der Waals surface area contributed by atoms with Gasteiger partial charge in [-0.1, -0.05) is 30.3 Å². The molecule has 0 fully saturated rings. The van der Waals surface area contributed by atoms with E-state index in [4.69, 9.17) is 22.1 Å². The van der Waals surface area contributed by atoms with Gasteiger partial charge in [-0.15, -0.1) is 0 Å². The average Bonchev–Trinajstić information content (AvgIpc) is 2.16. The molecule has 0 bridgehead atoms. The van der Waals surface area contributed by atoms with E-state index in [1.54, 1.807) is 6.07 Å². The highest BCUT2D eigenvalue weighted by molar-refractivity contribution is 6.32. The predicted octanol–water partition coefficient (Wildman–Crippen LogP) is 2.23. The lowest BCUT2D eigenvalue weighted by atomic mass is 10.3. The van der Waals surface area contributed by atoms with Gasteiger partial charge in [0.15, 0.2) is 0 Å². The molecule has 0 saturated carbocycles. The molecule has 3 heteroatoms. The molecule has 0 saturated heterocycles. The normalized spacial score (nSPS) is 9.69. The minimum absolute atomic E-state index is 0.417. The van der Waals surface area contributed by atoms with E-state index in [-0.39, 0.29) is 0 Å². The molecule has 2 nitrogen and oxygen atoms in total. The van der Waals surface area contributed by atoms with Crippen molar-refractivity contribution in [2.45, 2.75) is 0 Å². The minimum atomic E-state index is 0.417. The van der Waals surface area contributed by atoms with Gasteiger partial charge in [-0.3, -0.25) is 0 Å². The fourth-order valence-electron chi connectivity index (χ4n) is 0.801. The van der Waals surface area contributed by atoms with Crippen molar-refractivity contribution in [3.8, 4) is 5.75 Å². The quantitative estimate of drug-likeness (QED) is 0.752. The molecule has 0 aliphatic carbocycles. The van der Waals surface area contributed by atoms with Crippen LogP contribution in [0.25, 0.3) is 0 Å². The number of hydrogen-bond acceptors (Lipinski definition) is 2. The predicted molar refractivity (Wildman–Crippen MR) is 55.1 cm³/mol. The summed E-state index contributed by atoms with van der Waals surface area (Å²) in [6, 6.07) is 7.31. The Morgan fingerprint density at radius 3 is 2.77 bits per heavy atom. The van der Waals surface area contributed by atoms with Crippen LogP contribution >= 0.6 is 11.6 Å². The number of halogens is 1. The zero-order chi connectivity index (χ0) is 9.68. The maximum Gasteiger partial charge on any atom is 0.138 e. The highest BCUT2D eigenvalue weighted by Crippen LogP contribution is 2.23. The fraction of sp³-hybridized carbons (Fsp3) is 0.200. The Bertz CT molecular complexity index is 299. The van der Waals surface area contributed by atoms with Gasteiger partial charge in [-0.2, -0.15) is 0 Å². The molecule has 0 aliphatic heterocycles. The maximum absolute atomic E-state index is 5.86. The molecule has 0 aliphatic rings. The largest absolute Gasteiger partial charge is 0.488 e. The summed E-state index contributed by atoms with van der Waals surface area (Å²) in [6.45, 7) is 4.58. The minimum Gasteiger partial charge on any atom is -0.488 e. The lowest BCUT2D eigenvalue weighted by molar-refractivity contribution is 0.351. The van der Waals surface area contributed by atoms with Crippen LogP contribution in [0.5, 0.6) is 5.75 Å². The van der Waals surface area contributed by atoms with Gasteiger partial charge in [0.25, 0.3) is 0 Å². The molecule has 0 unspecified atom stereocenters. The molecule has 1 aromatic rings. The van der Waals surface area contributed by atoms with Crippen molar-refractivity contribution < 1.29 is 4.74 Å². The Hall–Kier alpha value is -0.990. The van der Waals surface area contributed by atoms with Crippen LogP contribution in [-0.2, 0) is 0 Å². The molecule has 70 valence electrons. The first-order valence-corrected chi connectivity index (χ1v) is 4.36. The highest BCUT2D eigenvalue weighted by Gasteiger charge is 1.99. The average molecular weight is 198 g/mol. The van der Waals surface area contributed by atoms with Crippen LogP contribution in [0.2, 0.25) is 5.02 Å².